The summed E-state index contributed by atoms with van der Waals surface area (Å²) >= 11 is 1.14. The van der Waals surface area contributed by atoms with Gasteiger partial charge >= 0.3 is 12.4 Å². The smallest absolute Gasteiger partial charge is 0.433 e. The number of carbonyl (C=O) groups excluding carboxylic acids is 2. The second-order valence-corrected chi connectivity index (χ2v) is 14.0. The van der Waals surface area contributed by atoms with Gasteiger partial charge in [0.2, 0.25) is 0 Å². The van der Waals surface area contributed by atoms with Crippen molar-refractivity contribution < 1.29 is 54.6 Å². The predicted molar refractivity (Wildman–Crippen MR) is 184 cm³/mol. The minimum absolute atomic E-state index is 0. The summed E-state index contributed by atoms with van der Waals surface area (Å²) in [5.74, 6) is -4.79. The number of halogens is 9. The molecular formula is C35H34ClF8N5O4S. The maximum absolute atomic E-state index is 15.5. The van der Waals surface area contributed by atoms with Crippen LogP contribution in [0, 0.1) is 11.6 Å². The summed E-state index contributed by atoms with van der Waals surface area (Å²) in [5.41, 5.74) is -5.75. The van der Waals surface area contributed by atoms with Gasteiger partial charge < -0.3 is 15.2 Å². The van der Waals surface area contributed by atoms with Crippen LogP contribution in [0.15, 0.2) is 64.9 Å². The number of nitrogens with zero attached hydrogens (tertiary/aromatic N) is 4. The minimum Gasteiger partial charge on any atom is -0.509 e. The second kappa shape index (κ2) is 16.0. The number of hydrogen-bond donors (Lipinski definition) is 2. The van der Waals surface area contributed by atoms with Crippen LogP contribution < -0.4 is 5.32 Å². The third-order valence-electron chi connectivity index (χ3n) is 9.49. The maximum Gasteiger partial charge on any atom is 0.433 e. The Morgan fingerprint density at radius 3 is 2.37 bits per heavy atom. The minimum atomic E-state index is -4.87. The molecule has 0 unspecified atom stereocenters. The molecule has 2 fully saturated rings. The average Bonchev–Trinajstić information content (AvgIpc) is 3.52. The monoisotopic (exact) mass is 807 g/mol. The number of alkyl halides is 6. The number of anilines is 1. The van der Waals surface area contributed by atoms with Crippen molar-refractivity contribution in [2.45, 2.75) is 49.1 Å². The SMILES string of the molecule is C[C@]12CCCN1N(Cc1ccc(SCCN3CCOCC3)c(F)c1F)C(=O)C(C(=O)Nc1ccc(C(F)(F)F)cc1-c1ccc(C(F)(F)F)nc1)=C2O.Cl. The molecule has 3 aromatic rings. The molecule has 0 spiro atoms. The molecule has 3 aliphatic rings. The van der Waals surface area contributed by atoms with Gasteiger partial charge in [-0.25, -0.2) is 13.8 Å². The Hall–Kier alpha value is -3.97. The summed E-state index contributed by atoms with van der Waals surface area (Å²) in [6, 6.07) is 6.27. The number of aliphatic hydroxyl groups excluding tert-OH is 1. The first-order valence-corrected chi connectivity index (χ1v) is 17.5. The number of aromatic nitrogens is 1. The number of morpholine rings is 1. The number of ether oxygens (including phenoxy) is 1. The molecule has 54 heavy (non-hydrogen) atoms. The van der Waals surface area contributed by atoms with Crippen LogP contribution in [0.4, 0.5) is 40.8 Å². The van der Waals surface area contributed by atoms with E-state index in [-0.39, 0.29) is 52.6 Å². The number of hydrogen-bond acceptors (Lipinski definition) is 8. The van der Waals surface area contributed by atoms with Gasteiger partial charge in [0, 0.05) is 65.4 Å². The molecule has 2 amide bonds. The molecule has 292 valence electrons. The Morgan fingerprint density at radius 2 is 1.72 bits per heavy atom. The molecule has 1 atom stereocenters. The molecule has 0 bridgehead atoms. The van der Waals surface area contributed by atoms with Crippen molar-refractivity contribution in [2.24, 2.45) is 0 Å². The van der Waals surface area contributed by atoms with Gasteiger partial charge in [-0.05, 0) is 50.1 Å². The van der Waals surface area contributed by atoms with E-state index in [1.54, 1.807) is 6.92 Å². The van der Waals surface area contributed by atoms with E-state index < -0.39 is 70.5 Å². The average molecular weight is 808 g/mol. The van der Waals surface area contributed by atoms with E-state index in [0.29, 0.717) is 56.3 Å². The molecule has 2 N–H and O–H groups in total. The van der Waals surface area contributed by atoms with E-state index in [4.69, 9.17) is 4.74 Å². The Kier molecular flexibility index (Phi) is 12.2. The first-order chi connectivity index (χ1) is 25.0. The lowest BCUT2D eigenvalue weighted by Gasteiger charge is -2.46. The lowest BCUT2D eigenvalue weighted by Crippen LogP contribution is -2.60. The summed E-state index contributed by atoms with van der Waals surface area (Å²) in [7, 11) is 0. The quantitative estimate of drug-likeness (QED) is 0.131. The zero-order valence-electron chi connectivity index (χ0n) is 28.5. The number of aliphatic hydroxyl groups is 1. The standard InChI is InChI=1S/C35H33F8N5O4S.ClH/c1-33-9-2-10-48(33)47(19-21-3-7-25(29(37)28(21)36)53-16-13-46-11-14-52-15-12-46)32(51)27(30(33)49)31(50)45-24-6-5-22(34(38,39)40)17-23(24)20-4-8-26(44-18-20)35(41,42)43;/h3-8,17-18,49H,2,9-16,19H2,1H3,(H,45,50);1H/t33-;/m1./s1. The number of carbonyl (C=O) groups is 2. The topological polar surface area (TPSA) is 98.2 Å². The van der Waals surface area contributed by atoms with Crippen molar-refractivity contribution in [3.63, 3.8) is 0 Å². The zero-order valence-corrected chi connectivity index (χ0v) is 30.1. The molecule has 6 rings (SSSR count). The van der Waals surface area contributed by atoms with Crippen LogP contribution in [0.25, 0.3) is 11.1 Å². The molecule has 0 radical (unpaired) electrons. The number of thioether (sulfide) groups is 1. The van der Waals surface area contributed by atoms with Gasteiger partial charge in [-0.3, -0.25) is 24.5 Å². The molecule has 4 heterocycles. The van der Waals surface area contributed by atoms with Crippen LogP contribution in [0.3, 0.4) is 0 Å². The van der Waals surface area contributed by atoms with Crippen LogP contribution in [-0.4, -0.2) is 87.5 Å². The van der Waals surface area contributed by atoms with Crippen LogP contribution in [0.2, 0.25) is 0 Å². The molecule has 0 saturated carbocycles. The zero-order chi connectivity index (χ0) is 38.3. The third kappa shape index (κ3) is 8.32. The molecular weight excluding hydrogens is 774 g/mol. The molecule has 1 aromatic heterocycles. The highest BCUT2D eigenvalue weighted by Gasteiger charge is 2.53. The van der Waals surface area contributed by atoms with Gasteiger partial charge in [-0.15, -0.1) is 24.2 Å². The van der Waals surface area contributed by atoms with Crippen molar-refractivity contribution in [1.82, 2.24) is 19.9 Å². The third-order valence-corrected chi connectivity index (χ3v) is 10.5. The van der Waals surface area contributed by atoms with Crippen molar-refractivity contribution in [1.29, 1.82) is 0 Å². The van der Waals surface area contributed by atoms with E-state index in [2.05, 4.69) is 15.2 Å². The van der Waals surface area contributed by atoms with Crippen molar-refractivity contribution >= 4 is 41.7 Å². The van der Waals surface area contributed by atoms with Crippen molar-refractivity contribution in [3.05, 3.63) is 88.4 Å². The Bertz CT molecular complexity index is 1920. The Balaban J connectivity index is 0.00000561. The molecule has 2 aromatic carbocycles. The molecule has 19 heteroatoms. The molecule has 0 aliphatic carbocycles. The number of benzene rings is 2. The van der Waals surface area contributed by atoms with Crippen molar-refractivity contribution in [3.8, 4) is 11.1 Å². The lowest BCUT2D eigenvalue weighted by atomic mass is 9.90. The van der Waals surface area contributed by atoms with E-state index >= 15 is 8.78 Å². The lowest BCUT2D eigenvalue weighted by molar-refractivity contribution is -0.160. The van der Waals surface area contributed by atoms with E-state index in [1.165, 1.54) is 17.1 Å². The predicted octanol–water partition coefficient (Wildman–Crippen LogP) is 7.47. The van der Waals surface area contributed by atoms with Crippen molar-refractivity contribution in [2.75, 3.05) is 50.5 Å². The summed E-state index contributed by atoms with van der Waals surface area (Å²) < 4.78 is 117. The maximum atomic E-state index is 15.5. The summed E-state index contributed by atoms with van der Waals surface area (Å²) in [5, 5.41) is 16.2. The fraction of sp³-hybridized carbons (Fsp3) is 0.400. The molecule has 2 saturated heterocycles. The second-order valence-electron chi connectivity index (χ2n) is 12.9. The summed E-state index contributed by atoms with van der Waals surface area (Å²) in [6.07, 6.45) is -8.32. The van der Waals surface area contributed by atoms with Crippen LogP contribution in [0.1, 0.15) is 36.6 Å². The van der Waals surface area contributed by atoms with Crippen LogP contribution in [-0.2, 0) is 33.2 Å². The normalized spacial score (nSPS) is 19.9. The van der Waals surface area contributed by atoms with E-state index in [1.807, 2.05) is 0 Å². The number of nitrogens with one attached hydrogen (secondary N) is 1. The van der Waals surface area contributed by atoms with Gasteiger partial charge in [-0.1, -0.05) is 12.1 Å². The van der Waals surface area contributed by atoms with Gasteiger partial charge in [0.05, 0.1) is 30.9 Å². The van der Waals surface area contributed by atoms with Gasteiger partial charge in [-0.2, -0.15) is 26.3 Å². The first kappa shape index (κ1) is 41.2. The van der Waals surface area contributed by atoms with Gasteiger partial charge in [0.25, 0.3) is 11.8 Å². The van der Waals surface area contributed by atoms with Crippen LogP contribution >= 0.6 is 24.2 Å². The highest BCUT2D eigenvalue weighted by atomic mass is 35.5. The fourth-order valence-corrected chi connectivity index (χ4v) is 7.55. The summed E-state index contributed by atoms with van der Waals surface area (Å²) in [4.78, 5) is 33.3. The largest absolute Gasteiger partial charge is 0.509 e. The van der Waals surface area contributed by atoms with E-state index in [9.17, 15) is 41.0 Å². The highest BCUT2D eigenvalue weighted by molar-refractivity contribution is 7.99. The van der Waals surface area contributed by atoms with Gasteiger partial charge in [0.1, 0.15) is 17.0 Å². The Morgan fingerprint density at radius 1 is 1.00 bits per heavy atom. The number of hydrazine groups is 1. The number of fused-ring (bicyclic) bond motifs is 1. The highest BCUT2D eigenvalue weighted by Crippen LogP contribution is 2.43. The Labute approximate surface area is 314 Å². The number of pyridine rings is 1. The van der Waals surface area contributed by atoms with Gasteiger partial charge in [0.15, 0.2) is 11.6 Å². The first-order valence-electron chi connectivity index (χ1n) is 16.5. The van der Waals surface area contributed by atoms with E-state index in [0.717, 1.165) is 42.0 Å². The fourth-order valence-electron chi connectivity index (χ4n) is 6.60. The molecule has 3 aliphatic heterocycles. The van der Waals surface area contributed by atoms with Crippen LogP contribution in [0.5, 0.6) is 0 Å². The number of amides is 2. The summed E-state index contributed by atoms with van der Waals surface area (Å²) in [6.45, 7) is 4.55. The molecule has 9 nitrogen and oxygen atoms in total. The number of rotatable bonds is 9.